The van der Waals surface area contributed by atoms with E-state index in [1.54, 1.807) is 6.20 Å². The SMILES string of the molecule is CC(=O)Nc1ccnn1C1CCN(C(=O)CCCCc2ccccc2)CC1. The van der Waals surface area contributed by atoms with Crippen LogP contribution in [0, 0.1) is 0 Å². The quantitative estimate of drug-likeness (QED) is 0.762. The molecule has 144 valence electrons. The van der Waals surface area contributed by atoms with Crippen molar-refractivity contribution < 1.29 is 9.59 Å². The number of nitrogens with one attached hydrogen (secondary N) is 1. The Hall–Kier alpha value is -2.63. The van der Waals surface area contributed by atoms with E-state index in [0.29, 0.717) is 6.42 Å². The first kappa shape index (κ1) is 19.1. The second-order valence-corrected chi connectivity index (χ2v) is 7.15. The van der Waals surface area contributed by atoms with Crippen molar-refractivity contribution >= 4 is 17.6 Å². The Bertz CT molecular complexity index is 749. The molecule has 0 aliphatic carbocycles. The highest BCUT2D eigenvalue weighted by Crippen LogP contribution is 2.26. The zero-order chi connectivity index (χ0) is 19.1. The molecule has 2 amide bonds. The molecule has 3 rings (SSSR count). The molecular weight excluding hydrogens is 340 g/mol. The minimum atomic E-state index is -0.0973. The number of hydrogen-bond donors (Lipinski definition) is 1. The van der Waals surface area contributed by atoms with Crippen molar-refractivity contribution in [3.8, 4) is 0 Å². The second-order valence-electron chi connectivity index (χ2n) is 7.15. The van der Waals surface area contributed by atoms with Gasteiger partial charge in [-0.25, -0.2) is 4.68 Å². The molecule has 6 heteroatoms. The predicted octanol–water partition coefficient (Wildman–Crippen LogP) is 3.42. The molecule has 27 heavy (non-hydrogen) atoms. The summed E-state index contributed by atoms with van der Waals surface area (Å²) < 4.78 is 1.88. The lowest BCUT2D eigenvalue weighted by Crippen LogP contribution is -2.39. The summed E-state index contributed by atoms with van der Waals surface area (Å²) in [6.45, 7) is 3.00. The average molecular weight is 368 g/mol. The first-order valence-electron chi connectivity index (χ1n) is 9.76. The van der Waals surface area contributed by atoms with Crippen LogP contribution in [0.2, 0.25) is 0 Å². The van der Waals surface area contributed by atoms with Crippen LogP contribution in [0.15, 0.2) is 42.6 Å². The molecule has 1 aliphatic rings. The van der Waals surface area contributed by atoms with E-state index < -0.39 is 0 Å². The highest BCUT2D eigenvalue weighted by molar-refractivity contribution is 5.87. The number of piperidine rings is 1. The van der Waals surface area contributed by atoms with Gasteiger partial charge in [0.1, 0.15) is 5.82 Å². The number of carbonyl (C=O) groups is 2. The Labute approximate surface area is 160 Å². The van der Waals surface area contributed by atoms with Crippen LogP contribution in [0.3, 0.4) is 0 Å². The summed E-state index contributed by atoms with van der Waals surface area (Å²) in [5, 5.41) is 7.16. The molecule has 1 aromatic heterocycles. The lowest BCUT2D eigenvalue weighted by Gasteiger charge is -2.32. The predicted molar refractivity (Wildman–Crippen MR) is 105 cm³/mol. The standard InChI is InChI=1S/C21H28N4O2/c1-17(26)23-20-11-14-22-25(20)19-12-15-24(16-13-19)21(27)10-6-5-9-18-7-3-2-4-8-18/h2-4,7-8,11,14,19H,5-6,9-10,12-13,15-16H2,1H3,(H,23,26). The van der Waals surface area contributed by atoms with Gasteiger partial charge in [0.15, 0.2) is 0 Å². The molecule has 0 saturated carbocycles. The lowest BCUT2D eigenvalue weighted by molar-refractivity contribution is -0.132. The topological polar surface area (TPSA) is 67.2 Å². The van der Waals surface area contributed by atoms with Crippen molar-refractivity contribution in [2.45, 2.75) is 51.5 Å². The third-order valence-corrected chi connectivity index (χ3v) is 5.09. The maximum absolute atomic E-state index is 12.5. The molecule has 1 saturated heterocycles. The first-order chi connectivity index (χ1) is 13.1. The van der Waals surface area contributed by atoms with Crippen LogP contribution < -0.4 is 5.32 Å². The van der Waals surface area contributed by atoms with Gasteiger partial charge in [-0.15, -0.1) is 0 Å². The normalized spacial score (nSPS) is 14.9. The maximum atomic E-state index is 12.5. The number of rotatable bonds is 7. The molecule has 6 nitrogen and oxygen atoms in total. The monoisotopic (exact) mass is 368 g/mol. The maximum Gasteiger partial charge on any atom is 0.222 e. The molecule has 0 spiro atoms. The number of amides is 2. The van der Waals surface area contributed by atoms with Crippen LogP contribution in [0.4, 0.5) is 5.82 Å². The molecule has 1 N–H and O–H groups in total. The fraction of sp³-hybridized carbons (Fsp3) is 0.476. The van der Waals surface area contributed by atoms with Crippen LogP contribution in [0.5, 0.6) is 0 Å². The summed E-state index contributed by atoms with van der Waals surface area (Å²) in [5.41, 5.74) is 1.33. The molecule has 0 bridgehead atoms. The van der Waals surface area contributed by atoms with Crippen LogP contribution in [-0.2, 0) is 16.0 Å². The van der Waals surface area contributed by atoms with Gasteiger partial charge in [-0.05, 0) is 37.7 Å². The Kier molecular flexibility index (Phi) is 6.63. The molecule has 0 unspecified atom stereocenters. The lowest BCUT2D eigenvalue weighted by atomic mass is 10.0. The summed E-state index contributed by atoms with van der Waals surface area (Å²) in [4.78, 5) is 25.7. The van der Waals surface area contributed by atoms with E-state index in [4.69, 9.17) is 0 Å². The van der Waals surface area contributed by atoms with Gasteiger partial charge in [0.25, 0.3) is 0 Å². The van der Waals surface area contributed by atoms with Gasteiger partial charge in [0.05, 0.1) is 12.2 Å². The third-order valence-electron chi connectivity index (χ3n) is 5.09. The van der Waals surface area contributed by atoms with Crippen molar-refractivity contribution in [2.75, 3.05) is 18.4 Å². The summed E-state index contributed by atoms with van der Waals surface area (Å²) in [6, 6.07) is 12.5. The molecule has 2 heterocycles. The fourth-order valence-electron chi connectivity index (χ4n) is 3.65. The molecular formula is C21H28N4O2. The van der Waals surface area contributed by atoms with Crippen molar-refractivity contribution in [3.63, 3.8) is 0 Å². The number of benzene rings is 1. The van der Waals surface area contributed by atoms with Crippen molar-refractivity contribution in [1.29, 1.82) is 0 Å². The van der Waals surface area contributed by atoms with E-state index in [0.717, 1.165) is 51.0 Å². The summed E-state index contributed by atoms with van der Waals surface area (Å²) in [5.74, 6) is 0.886. The first-order valence-corrected chi connectivity index (χ1v) is 9.76. The highest BCUT2D eigenvalue weighted by Gasteiger charge is 2.25. The summed E-state index contributed by atoms with van der Waals surface area (Å²) >= 11 is 0. The Balaban J connectivity index is 1.40. The van der Waals surface area contributed by atoms with Crippen LogP contribution in [0.1, 0.15) is 50.6 Å². The average Bonchev–Trinajstić information content (AvgIpc) is 3.13. The zero-order valence-electron chi connectivity index (χ0n) is 15.9. The van der Waals surface area contributed by atoms with Gasteiger partial charge in [0.2, 0.25) is 11.8 Å². The van der Waals surface area contributed by atoms with Crippen LogP contribution in [0.25, 0.3) is 0 Å². The van der Waals surface area contributed by atoms with E-state index in [-0.39, 0.29) is 17.9 Å². The van der Waals surface area contributed by atoms with Crippen LogP contribution >= 0.6 is 0 Å². The second kappa shape index (κ2) is 9.35. The molecule has 1 aliphatic heterocycles. The van der Waals surface area contributed by atoms with Gasteiger partial charge in [-0.2, -0.15) is 5.10 Å². The largest absolute Gasteiger partial charge is 0.343 e. The number of unbranched alkanes of at least 4 members (excludes halogenated alkanes) is 1. The van der Waals surface area contributed by atoms with Gasteiger partial charge in [-0.3, -0.25) is 9.59 Å². The number of aryl methyl sites for hydroxylation is 1. The van der Waals surface area contributed by atoms with Gasteiger partial charge < -0.3 is 10.2 Å². The fourth-order valence-corrected chi connectivity index (χ4v) is 3.65. The Morgan fingerprint density at radius 1 is 1.11 bits per heavy atom. The van der Waals surface area contributed by atoms with Crippen molar-refractivity contribution in [2.24, 2.45) is 0 Å². The minimum absolute atomic E-state index is 0.0973. The number of nitrogens with zero attached hydrogens (tertiary/aromatic N) is 3. The van der Waals surface area contributed by atoms with E-state index >= 15 is 0 Å². The minimum Gasteiger partial charge on any atom is -0.343 e. The van der Waals surface area contributed by atoms with E-state index in [2.05, 4.69) is 34.7 Å². The highest BCUT2D eigenvalue weighted by atomic mass is 16.2. The summed E-state index contributed by atoms with van der Waals surface area (Å²) in [6.07, 6.45) is 7.06. The number of hydrogen-bond acceptors (Lipinski definition) is 3. The Morgan fingerprint density at radius 3 is 2.56 bits per heavy atom. The van der Waals surface area contributed by atoms with E-state index in [9.17, 15) is 9.59 Å². The number of anilines is 1. The van der Waals surface area contributed by atoms with E-state index in [1.165, 1.54) is 12.5 Å². The Morgan fingerprint density at radius 2 is 1.85 bits per heavy atom. The smallest absolute Gasteiger partial charge is 0.222 e. The zero-order valence-corrected chi connectivity index (χ0v) is 15.9. The van der Waals surface area contributed by atoms with Gasteiger partial charge in [-0.1, -0.05) is 30.3 Å². The van der Waals surface area contributed by atoms with Crippen LogP contribution in [-0.4, -0.2) is 39.6 Å². The third kappa shape index (κ3) is 5.42. The molecule has 0 radical (unpaired) electrons. The van der Waals surface area contributed by atoms with Gasteiger partial charge >= 0.3 is 0 Å². The van der Waals surface area contributed by atoms with E-state index in [1.807, 2.05) is 21.7 Å². The van der Waals surface area contributed by atoms with Crippen molar-refractivity contribution in [1.82, 2.24) is 14.7 Å². The number of carbonyl (C=O) groups excluding carboxylic acids is 2. The summed E-state index contributed by atoms with van der Waals surface area (Å²) in [7, 11) is 0. The molecule has 1 aromatic carbocycles. The van der Waals surface area contributed by atoms with Crippen molar-refractivity contribution in [3.05, 3.63) is 48.2 Å². The molecule has 0 atom stereocenters. The molecule has 1 fully saturated rings. The number of likely N-dealkylation sites (tertiary alicyclic amines) is 1. The molecule has 2 aromatic rings. The number of aromatic nitrogens is 2. The van der Waals surface area contributed by atoms with Gasteiger partial charge in [0, 0.05) is 32.5 Å².